The average Bonchev–Trinajstić information content (AvgIpc) is 3.22. The molecule has 0 aliphatic heterocycles. The number of hydrogen-bond donors (Lipinski definition) is 0. The first-order valence-electron chi connectivity index (χ1n) is 9.08. The molecular formula is C22H20FN3O4. The molecule has 0 radical (unpaired) electrons. The SMILES string of the molecule is COc1ccc(-c2cc3nccc(-c4cc(OC)c(OC)c(OC)c4)n3n2)cc1F. The van der Waals surface area contributed by atoms with Crippen LogP contribution in [-0.4, -0.2) is 43.0 Å². The highest BCUT2D eigenvalue weighted by Gasteiger charge is 2.17. The Morgan fingerprint density at radius 2 is 1.47 bits per heavy atom. The fourth-order valence-corrected chi connectivity index (χ4v) is 3.31. The molecule has 0 spiro atoms. The molecule has 2 aromatic carbocycles. The molecule has 0 aliphatic carbocycles. The molecule has 0 saturated heterocycles. The molecule has 8 heteroatoms. The van der Waals surface area contributed by atoms with Gasteiger partial charge in [0.1, 0.15) is 0 Å². The molecular weight excluding hydrogens is 389 g/mol. The van der Waals surface area contributed by atoms with Crippen molar-refractivity contribution >= 4 is 5.65 Å². The summed E-state index contributed by atoms with van der Waals surface area (Å²) in [6.07, 6.45) is 1.69. The van der Waals surface area contributed by atoms with Gasteiger partial charge in [0.15, 0.2) is 28.7 Å². The number of benzene rings is 2. The number of methoxy groups -OCH3 is 4. The van der Waals surface area contributed by atoms with Crippen LogP contribution in [-0.2, 0) is 0 Å². The number of ether oxygens (including phenoxy) is 4. The lowest BCUT2D eigenvalue weighted by atomic mass is 10.1. The normalized spacial score (nSPS) is 10.8. The first-order chi connectivity index (χ1) is 14.6. The molecule has 4 aromatic rings. The molecule has 0 unspecified atom stereocenters. The molecule has 0 N–H and O–H groups in total. The van der Waals surface area contributed by atoms with Crippen LogP contribution in [0.3, 0.4) is 0 Å². The molecule has 7 nitrogen and oxygen atoms in total. The van der Waals surface area contributed by atoms with E-state index >= 15 is 0 Å². The van der Waals surface area contributed by atoms with Crippen molar-refractivity contribution < 1.29 is 23.3 Å². The topological polar surface area (TPSA) is 67.1 Å². The highest BCUT2D eigenvalue weighted by Crippen LogP contribution is 2.41. The summed E-state index contributed by atoms with van der Waals surface area (Å²) < 4.78 is 37.2. The highest BCUT2D eigenvalue weighted by molar-refractivity contribution is 5.72. The summed E-state index contributed by atoms with van der Waals surface area (Å²) in [5, 5.41) is 4.64. The molecule has 4 rings (SSSR count). The second kappa shape index (κ2) is 7.90. The Bertz CT molecular complexity index is 1200. The molecule has 0 amide bonds. The Morgan fingerprint density at radius 3 is 2.07 bits per heavy atom. The Labute approximate surface area is 172 Å². The zero-order valence-corrected chi connectivity index (χ0v) is 17.0. The monoisotopic (exact) mass is 409 g/mol. The molecule has 0 aliphatic rings. The van der Waals surface area contributed by atoms with E-state index in [0.717, 1.165) is 11.3 Å². The minimum atomic E-state index is -0.454. The van der Waals surface area contributed by atoms with E-state index in [1.165, 1.54) is 13.2 Å². The van der Waals surface area contributed by atoms with E-state index in [4.69, 9.17) is 18.9 Å². The second-order valence-corrected chi connectivity index (χ2v) is 6.39. The summed E-state index contributed by atoms with van der Waals surface area (Å²) in [5.74, 6) is 1.29. The van der Waals surface area contributed by atoms with Crippen molar-refractivity contribution in [3.8, 4) is 45.5 Å². The van der Waals surface area contributed by atoms with Gasteiger partial charge in [0.25, 0.3) is 0 Å². The average molecular weight is 409 g/mol. The van der Waals surface area contributed by atoms with Crippen LogP contribution in [0.1, 0.15) is 0 Å². The van der Waals surface area contributed by atoms with Crippen LogP contribution in [0.2, 0.25) is 0 Å². The second-order valence-electron chi connectivity index (χ2n) is 6.39. The van der Waals surface area contributed by atoms with Crippen LogP contribution in [0.15, 0.2) is 48.7 Å². The van der Waals surface area contributed by atoms with Crippen molar-refractivity contribution in [2.75, 3.05) is 28.4 Å². The zero-order chi connectivity index (χ0) is 21.3. The van der Waals surface area contributed by atoms with Crippen LogP contribution >= 0.6 is 0 Å². The maximum atomic E-state index is 14.2. The van der Waals surface area contributed by atoms with E-state index in [1.54, 1.807) is 50.2 Å². The smallest absolute Gasteiger partial charge is 0.203 e. The molecule has 2 aromatic heterocycles. The van der Waals surface area contributed by atoms with E-state index in [0.29, 0.717) is 34.2 Å². The quantitative estimate of drug-likeness (QED) is 0.475. The molecule has 0 fully saturated rings. The first-order valence-corrected chi connectivity index (χ1v) is 9.08. The standard InChI is InChI=1S/C22H20FN3O4/c1-27-18-6-5-13(9-15(18)23)16-12-21-24-8-7-17(26(21)25-16)14-10-19(28-2)22(30-4)20(11-14)29-3/h5-12H,1-4H3. The maximum absolute atomic E-state index is 14.2. The van der Waals surface area contributed by atoms with E-state index in [9.17, 15) is 4.39 Å². The Kier molecular flexibility index (Phi) is 5.14. The minimum absolute atomic E-state index is 0.179. The van der Waals surface area contributed by atoms with Crippen molar-refractivity contribution in [3.63, 3.8) is 0 Å². The van der Waals surface area contributed by atoms with Crippen molar-refractivity contribution in [2.24, 2.45) is 0 Å². The van der Waals surface area contributed by atoms with E-state index in [-0.39, 0.29) is 5.75 Å². The summed E-state index contributed by atoms with van der Waals surface area (Å²) in [5.41, 5.74) is 3.39. The predicted molar refractivity (Wildman–Crippen MR) is 110 cm³/mol. The fourth-order valence-electron chi connectivity index (χ4n) is 3.31. The lowest BCUT2D eigenvalue weighted by molar-refractivity contribution is 0.324. The van der Waals surface area contributed by atoms with Gasteiger partial charge in [-0.25, -0.2) is 13.9 Å². The van der Waals surface area contributed by atoms with Crippen LogP contribution in [0.4, 0.5) is 4.39 Å². The van der Waals surface area contributed by atoms with Crippen molar-refractivity contribution in [1.29, 1.82) is 0 Å². The number of fused-ring (bicyclic) bond motifs is 1. The van der Waals surface area contributed by atoms with Crippen LogP contribution < -0.4 is 18.9 Å². The fraction of sp³-hybridized carbons (Fsp3) is 0.182. The van der Waals surface area contributed by atoms with Gasteiger partial charge in [0.05, 0.1) is 39.8 Å². The van der Waals surface area contributed by atoms with Crippen LogP contribution in [0.5, 0.6) is 23.0 Å². The van der Waals surface area contributed by atoms with Crippen molar-refractivity contribution in [3.05, 3.63) is 54.5 Å². The molecule has 2 heterocycles. The number of rotatable bonds is 6. The third-order valence-electron chi connectivity index (χ3n) is 4.77. The summed E-state index contributed by atoms with van der Waals surface area (Å²) in [6.45, 7) is 0. The minimum Gasteiger partial charge on any atom is -0.494 e. The molecule has 0 bridgehead atoms. The van der Waals surface area contributed by atoms with Gasteiger partial charge in [-0.05, 0) is 36.4 Å². The molecule has 0 saturated carbocycles. The van der Waals surface area contributed by atoms with E-state index in [1.807, 2.05) is 18.2 Å². The van der Waals surface area contributed by atoms with Gasteiger partial charge in [0, 0.05) is 23.4 Å². The summed E-state index contributed by atoms with van der Waals surface area (Å²) >= 11 is 0. The number of aromatic nitrogens is 3. The Morgan fingerprint density at radius 1 is 0.767 bits per heavy atom. The Hall–Kier alpha value is -3.81. The first kappa shape index (κ1) is 19.5. The third kappa shape index (κ3) is 3.26. The van der Waals surface area contributed by atoms with Crippen molar-refractivity contribution in [2.45, 2.75) is 0 Å². The molecule has 0 atom stereocenters. The highest BCUT2D eigenvalue weighted by atomic mass is 19.1. The maximum Gasteiger partial charge on any atom is 0.203 e. The van der Waals surface area contributed by atoms with Gasteiger partial charge in [-0.1, -0.05) is 0 Å². The van der Waals surface area contributed by atoms with Gasteiger partial charge < -0.3 is 18.9 Å². The van der Waals surface area contributed by atoms with Crippen molar-refractivity contribution in [1.82, 2.24) is 14.6 Å². The summed E-state index contributed by atoms with van der Waals surface area (Å²) in [4.78, 5) is 4.38. The zero-order valence-electron chi connectivity index (χ0n) is 17.0. The van der Waals surface area contributed by atoms with Gasteiger partial charge in [0.2, 0.25) is 5.75 Å². The van der Waals surface area contributed by atoms with Gasteiger partial charge in [-0.2, -0.15) is 5.10 Å². The van der Waals surface area contributed by atoms with E-state index in [2.05, 4.69) is 10.1 Å². The summed E-state index contributed by atoms with van der Waals surface area (Å²) in [7, 11) is 6.11. The summed E-state index contributed by atoms with van der Waals surface area (Å²) in [6, 6.07) is 12.0. The number of nitrogens with zero attached hydrogens (tertiary/aromatic N) is 3. The van der Waals surface area contributed by atoms with Gasteiger partial charge in [-0.15, -0.1) is 0 Å². The lowest BCUT2D eigenvalue weighted by Crippen LogP contribution is -1.99. The molecule has 30 heavy (non-hydrogen) atoms. The van der Waals surface area contributed by atoms with Crippen LogP contribution in [0.25, 0.3) is 28.2 Å². The third-order valence-corrected chi connectivity index (χ3v) is 4.77. The predicted octanol–water partition coefficient (Wildman–Crippen LogP) is 4.24. The number of hydrogen-bond acceptors (Lipinski definition) is 6. The van der Waals surface area contributed by atoms with Gasteiger partial charge >= 0.3 is 0 Å². The van der Waals surface area contributed by atoms with Crippen LogP contribution in [0, 0.1) is 5.82 Å². The largest absolute Gasteiger partial charge is 0.494 e. The number of halogens is 1. The Balaban J connectivity index is 1.87. The van der Waals surface area contributed by atoms with E-state index < -0.39 is 5.82 Å². The molecule has 154 valence electrons. The van der Waals surface area contributed by atoms with Gasteiger partial charge in [-0.3, -0.25) is 0 Å². The lowest BCUT2D eigenvalue weighted by Gasteiger charge is -2.14.